The largest absolute Gasteiger partial charge is 0.467 e. The molecule has 0 spiro atoms. The summed E-state index contributed by atoms with van der Waals surface area (Å²) in [6, 6.07) is 10.1. The Labute approximate surface area is 117 Å². The van der Waals surface area contributed by atoms with Crippen LogP contribution in [-0.2, 0) is 13.6 Å². The Hall–Kier alpha value is -2.56. The maximum atomic E-state index is 5.42. The highest BCUT2D eigenvalue weighted by atomic mass is 16.3. The van der Waals surface area contributed by atoms with Crippen LogP contribution in [0, 0.1) is 6.92 Å². The van der Waals surface area contributed by atoms with E-state index in [1.165, 1.54) is 0 Å². The molecule has 0 aliphatic rings. The molecule has 0 saturated heterocycles. The molecule has 5 heteroatoms. The van der Waals surface area contributed by atoms with Crippen molar-refractivity contribution in [1.82, 2.24) is 14.8 Å². The van der Waals surface area contributed by atoms with Crippen LogP contribution in [0.3, 0.4) is 0 Å². The highest BCUT2D eigenvalue weighted by Crippen LogP contribution is 2.21. The zero-order valence-electron chi connectivity index (χ0n) is 11.5. The van der Waals surface area contributed by atoms with Crippen LogP contribution in [0.2, 0.25) is 0 Å². The molecule has 20 heavy (non-hydrogen) atoms. The van der Waals surface area contributed by atoms with Gasteiger partial charge in [-0.05, 0) is 30.7 Å². The Morgan fingerprint density at radius 3 is 2.90 bits per heavy atom. The second-order valence-corrected chi connectivity index (χ2v) is 4.73. The first-order valence-electron chi connectivity index (χ1n) is 6.45. The summed E-state index contributed by atoms with van der Waals surface area (Å²) in [5.74, 6) is 1.80. The maximum absolute atomic E-state index is 5.42. The predicted octanol–water partition coefficient (Wildman–Crippen LogP) is 3.00. The van der Waals surface area contributed by atoms with Crippen LogP contribution >= 0.6 is 0 Å². The number of hydrogen-bond acceptors (Lipinski definition) is 4. The molecule has 3 rings (SSSR count). The lowest BCUT2D eigenvalue weighted by Crippen LogP contribution is -2.00. The minimum absolute atomic E-state index is 0.668. The van der Waals surface area contributed by atoms with Crippen LogP contribution in [-0.4, -0.2) is 14.8 Å². The Morgan fingerprint density at radius 1 is 1.30 bits per heavy atom. The van der Waals surface area contributed by atoms with Crippen LogP contribution < -0.4 is 5.32 Å². The molecule has 102 valence electrons. The van der Waals surface area contributed by atoms with Crippen molar-refractivity contribution in [3.63, 3.8) is 0 Å². The third-order valence-corrected chi connectivity index (χ3v) is 3.25. The smallest absolute Gasteiger partial charge is 0.163 e. The zero-order chi connectivity index (χ0) is 13.9. The second-order valence-electron chi connectivity index (χ2n) is 4.73. The molecular formula is C15H16N4O. The number of benzene rings is 1. The first-order valence-corrected chi connectivity index (χ1v) is 6.45. The third-order valence-electron chi connectivity index (χ3n) is 3.25. The van der Waals surface area contributed by atoms with Gasteiger partial charge in [-0.25, -0.2) is 0 Å². The first kappa shape index (κ1) is 12.5. The summed E-state index contributed by atoms with van der Waals surface area (Å²) < 4.78 is 7.32. The van der Waals surface area contributed by atoms with Crippen molar-refractivity contribution in [3.05, 3.63) is 54.2 Å². The van der Waals surface area contributed by atoms with Crippen molar-refractivity contribution >= 4 is 5.69 Å². The quantitative estimate of drug-likeness (QED) is 0.790. The molecule has 3 aromatic rings. The number of nitrogens with one attached hydrogen (secondary N) is 1. The van der Waals surface area contributed by atoms with Crippen molar-refractivity contribution < 1.29 is 4.42 Å². The lowest BCUT2D eigenvalue weighted by Gasteiger charge is -2.07. The molecule has 0 unspecified atom stereocenters. The van der Waals surface area contributed by atoms with Gasteiger partial charge in [0, 0.05) is 18.3 Å². The molecule has 0 radical (unpaired) electrons. The standard InChI is InChI=1S/C15H16N4O/c1-11-6-7-20-14(11)9-16-13-5-3-4-12(8-13)15-18-17-10-19(15)2/h3-8,10,16H,9H2,1-2H3. The summed E-state index contributed by atoms with van der Waals surface area (Å²) in [7, 11) is 1.93. The van der Waals surface area contributed by atoms with E-state index in [4.69, 9.17) is 4.42 Å². The van der Waals surface area contributed by atoms with Gasteiger partial charge in [-0.1, -0.05) is 12.1 Å². The average molecular weight is 268 g/mol. The number of aromatic nitrogens is 3. The molecule has 2 heterocycles. The van der Waals surface area contributed by atoms with Gasteiger partial charge in [-0.2, -0.15) is 0 Å². The van der Waals surface area contributed by atoms with Crippen molar-refractivity contribution in [1.29, 1.82) is 0 Å². The lowest BCUT2D eigenvalue weighted by atomic mass is 10.2. The molecule has 1 aromatic carbocycles. The van der Waals surface area contributed by atoms with Crippen LogP contribution in [0.25, 0.3) is 11.4 Å². The van der Waals surface area contributed by atoms with Gasteiger partial charge in [0.15, 0.2) is 5.82 Å². The van der Waals surface area contributed by atoms with Crippen molar-refractivity contribution in [3.8, 4) is 11.4 Å². The SMILES string of the molecule is Cc1ccoc1CNc1cccc(-c2nncn2C)c1. The minimum Gasteiger partial charge on any atom is -0.467 e. The van der Waals surface area contributed by atoms with Gasteiger partial charge in [-0.3, -0.25) is 0 Å². The molecule has 0 amide bonds. The minimum atomic E-state index is 0.668. The number of nitrogens with zero attached hydrogens (tertiary/aromatic N) is 3. The fourth-order valence-electron chi connectivity index (χ4n) is 2.08. The maximum Gasteiger partial charge on any atom is 0.163 e. The monoisotopic (exact) mass is 268 g/mol. The molecule has 5 nitrogen and oxygen atoms in total. The summed E-state index contributed by atoms with van der Waals surface area (Å²) in [5.41, 5.74) is 3.22. The summed E-state index contributed by atoms with van der Waals surface area (Å²) >= 11 is 0. The molecule has 0 saturated carbocycles. The number of rotatable bonds is 4. The van der Waals surface area contributed by atoms with Crippen LogP contribution in [0.4, 0.5) is 5.69 Å². The molecular weight excluding hydrogens is 252 g/mol. The first-order chi connectivity index (χ1) is 9.74. The third kappa shape index (κ3) is 2.42. The van der Waals surface area contributed by atoms with E-state index in [2.05, 4.69) is 21.6 Å². The van der Waals surface area contributed by atoms with E-state index in [0.717, 1.165) is 28.4 Å². The van der Waals surface area contributed by atoms with Gasteiger partial charge in [0.1, 0.15) is 12.1 Å². The highest BCUT2D eigenvalue weighted by Gasteiger charge is 2.06. The lowest BCUT2D eigenvalue weighted by molar-refractivity contribution is 0.515. The number of anilines is 1. The van der Waals surface area contributed by atoms with Crippen LogP contribution in [0.5, 0.6) is 0 Å². The molecule has 0 fully saturated rings. The van der Waals surface area contributed by atoms with Crippen LogP contribution in [0.1, 0.15) is 11.3 Å². The Bertz CT molecular complexity index is 714. The van der Waals surface area contributed by atoms with Gasteiger partial charge in [0.2, 0.25) is 0 Å². The summed E-state index contributed by atoms with van der Waals surface area (Å²) in [6.45, 7) is 2.71. The van der Waals surface area contributed by atoms with E-state index in [9.17, 15) is 0 Å². The van der Waals surface area contributed by atoms with Crippen molar-refractivity contribution in [2.45, 2.75) is 13.5 Å². The summed E-state index contributed by atoms with van der Waals surface area (Å²) in [6.07, 6.45) is 3.41. The molecule has 0 aliphatic heterocycles. The summed E-state index contributed by atoms with van der Waals surface area (Å²) in [4.78, 5) is 0. The van der Waals surface area contributed by atoms with Gasteiger partial charge in [-0.15, -0.1) is 10.2 Å². The summed E-state index contributed by atoms with van der Waals surface area (Å²) in [5, 5.41) is 11.4. The van der Waals surface area contributed by atoms with Crippen LogP contribution in [0.15, 0.2) is 47.3 Å². The normalized spacial score (nSPS) is 10.7. The Kier molecular flexibility index (Phi) is 3.25. The fraction of sp³-hybridized carbons (Fsp3) is 0.200. The van der Waals surface area contributed by atoms with Gasteiger partial charge in [0.05, 0.1) is 12.8 Å². The molecule has 0 aliphatic carbocycles. The van der Waals surface area contributed by atoms with E-state index in [-0.39, 0.29) is 0 Å². The van der Waals surface area contributed by atoms with E-state index >= 15 is 0 Å². The Morgan fingerprint density at radius 2 is 2.20 bits per heavy atom. The second kappa shape index (κ2) is 5.21. The molecule has 0 bridgehead atoms. The molecule has 2 aromatic heterocycles. The van der Waals surface area contributed by atoms with Gasteiger partial charge in [0.25, 0.3) is 0 Å². The average Bonchev–Trinajstić information content (AvgIpc) is 3.05. The van der Waals surface area contributed by atoms with Gasteiger partial charge < -0.3 is 14.3 Å². The van der Waals surface area contributed by atoms with Gasteiger partial charge >= 0.3 is 0 Å². The molecule has 1 N–H and O–H groups in total. The van der Waals surface area contributed by atoms with Crippen molar-refractivity contribution in [2.24, 2.45) is 7.05 Å². The van der Waals surface area contributed by atoms with E-state index in [1.807, 2.05) is 42.8 Å². The topological polar surface area (TPSA) is 55.9 Å². The highest BCUT2D eigenvalue weighted by molar-refractivity contribution is 5.62. The molecule has 0 atom stereocenters. The number of hydrogen-bond donors (Lipinski definition) is 1. The number of aryl methyl sites for hydroxylation is 2. The zero-order valence-corrected chi connectivity index (χ0v) is 11.5. The number of furan rings is 1. The van der Waals surface area contributed by atoms with E-state index in [1.54, 1.807) is 12.6 Å². The van der Waals surface area contributed by atoms with Crippen molar-refractivity contribution in [2.75, 3.05) is 5.32 Å². The van der Waals surface area contributed by atoms with E-state index < -0.39 is 0 Å². The Balaban J connectivity index is 1.78. The fourth-order valence-corrected chi connectivity index (χ4v) is 2.08. The van der Waals surface area contributed by atoms with E-state index in [0.29, 0.717) is 6.54 Å². The predicted molar refractivity (Wildman–Crippen MR) is 77.2 cm³/mol.